The van der Waals surface area contributed by atoms with E-state index in [0.29, 0.717) is 6.04 Å². The summed E-state index contributed by atoms with van der Waals surface area (Å²) in [5.74, 6) is 0. The molecule has 2 rings (SSSR count). The lowest BCUT2D eigenvalue weighted by atomic mass is 9.85. The van der Waals surface area contributed by atoms with E-state index in [9.17, 15) is 0 Å². The molecule has 1 aliphatic rings. The van der Waals surface area contributed by atoms with Gasteiger partial charge in [0, 0.05) is 24.8 Å². The lowest BCUT2D eigenvalue weighted by molar-refractivity contribution is -0.118. The van der Waals surface area contributed by atoms with Crippen LogP contribution < -0.4 is 5.32 Å². The third-order valence-corrected chi connectivity index (χ3v) is 3.46. The summed E-state index contributed by atoms with van der Waals surface area (Å²) < 4.78 is 11.0. The Balaban J connectivity index is 1.85. The fourth-order valence-corrected chi connectivity index (χ4v) is 2.57. The van der Waals surface area contributed by atoms with E-state index in [-0.39, 0.29) is 12.2 Å². The summed E-state index contributed by atoms with van der Waals surface area (Å²) in [6.45, 7) is 2.78. The molecule has 0 aromatic carbocycles. The summed E-state index contributed by atoms with van der Waals surface area (Å²) in [7, 11) is 1.75. The zero-order valence-corrected chi connectivity index (χ0v) is 9.92. The van der Waals surface area contributed by atoms with E-state index < -0.39 is 0 Å². The molecule has 84 valence electrons. The zero-order valence-electron chi connectivity index (χ0n) is 9.10. The predicted octanol–water partition coefficient (Wildman–Crippen LogP) is 2.35. The topological polar surface area (TPSA) is 30.5 Å². The molecule has 1 saturated carbocycles. The second-order valence-corrected chi connectivity index (χ2v) is 4.47. The second kappa shape index (κ2) is 4.96. The summed E-state index contributed by atoms with van der Waals surface area (Å²) in [5, 5.41) is 7.64. The van der Waals surface area contributed by atoms with Gasteiger partial charge >= 0.3 is 0 Å². The Morgan fingerprint density at radius 2 is 2.47 bits per heavy atom. The number of hydrogen-bond donors (Lipinski definition) is 1. The summed E-state index contributed by atoms with van der Waals surface area (Å²) >= 11 is 1.70. The van der Waals surface area contributed by atoms with E-state index in [0.717, 1.165) is 13.0 Å². The van der Waals surface area contributed by atoms with Crippen molar-refractivity contribution in [2.45, 2.75) is 31.6 Å². The molecule has 15 heavy (non-hydrogen) atoms. The summed E-state index contributed by atoms with van der Waals surface area (Å²) in [4.78, 5) is 0. The van der Waals surface area contributed by atoms with Gasteiger partial charge in [-0.3, -0.25) is 0 Å². The van der Waals surface area contributed by atoms with Gasteiger partial charge in [0.1, 0.15) is 6.10 Å². The van der Waals surface area contributed by atoms with Crippen molar-refractivity contribution in [3.05, 3.63) is 16.8 Å². The monoisotopic (exact) mass is 227 g/mol. The molecule has 1 aliphatic carbocycles. The largest absolute Gasteiger partial charge is 0.379 e. The average Bonchev–Trinajstić information content (AvgIpc) is 2.69. The van der Waals surface area contributed by atoms with Gasteiger partial charge in [-0.25, -0.2) is 0 Å². The lowest BCUT2D eigenvalue weighted by Crippen LogP contribution is -2.56. The number of ether oxygens (including phenoxy) is 2. The van der Waals surface area contributed by atoms with E-state index in [2.05, 4.69) is 22.1 Å². The van der Waals surface area contributed by atoms with Crippen LogP contribution in [0.15, 0.2) is 16.8 Å². The molecule has 0 spiro atoms. The van der Waals surface area contributed by atoms with Gasteiger partial charge in [0.2, 0.25) is 0 Å². The van der Waals surface area contributed by atoms with Crippen molar-refractivity contribution in [3.8, 4) is 0 Å². The summed E-state index contributed by atoms with van der Waals surface area (Å²) in [5.41, 5.74) is 1.18. The summed E-state index contributed by atoms with van der Waals surface area (Å²) in [6, 6.07) is 2.48. The number of nitrogens with one attached hydrogen (secondary N) is 1. The van der Waals surface area contributed by atoms with Gasteiger partial charge in [0.25, 0.3) is 0 Å². The minimum Gasteiger partial charge on any atom is -0.379 e. The Bertz CT molecular complexity index is 289. The van der Waals surface area contributed by atoms with Crippen LogP contribution in [-0.4, -0.2) is 32.0 Å². The average molecular weight is 227 g/mol. The maximum atomic E-state index is 5.57. The molecular weight excluding hydrogens is 210 g/mol. The van der Waals surface area contributed by atoms with E-state index in [1.54, 1.807) is 18.4 Å². The number of anilines is 1. The molecule has 1 N–H and O–H groups in total. The molecule has 0 amide bonds. The molecule has 1 aromatic rings. The minimum absolute atomic E-state index is 0.185. The van der Waals surface area contributed by atoms with Gasteiger partial charge in [0.15, 0.2) is 0 Å². The Labute approximate surface area is 94.4 Å². The van der Waals surface area contributed by atoms with Crippen molar-refractivity contribution in [2.24, 2.45) is 0 Å². The lowest BCUT2D eigenvalue weighted by Gasteiger charge is -2.43. The molecule has 0 radical (unpaired) electrons. The van der Waals surface area contributed by atoms with Crippen LogP contribution in [0.4, 0.5) is 5.69 Å². The fraction of sp³-hybridized carbons (Fsp3) is 0.636. The van der Waals surface area contributed by atoms with Gasteiger partial charge < -0.3 is 14.8 Å². The van der Waals surface area contributed by atoms with Crippen LogP contribution in [0.1, 0.15) is 13.3 Å². The third-order valence-electron chi connectivity index (χ3n) is 2.78. The molecule has 0 saturated heterocycles. The van der Waals surface area contributed by atoms with Crippen LogP contribution in [0.5, 0.6) is 0 Å². The quantitative estimate of drug-likeness (QED) is 0.837. The van der Waals surface area contributed by atoms with Crippen molar-refractivity contribution in [1.82, 2.24) is 0 Å². The Hall–Kier alpha value is -0.580. The molecule has 1 heterocycles. The molecule has 1 aromatic heterocycles. The normalized spacial score (nSPS) is 29.9. The predicted molar refractivity (Wildman–Crippen MR) is 62.6 cm³/mol. The van der Waals surface area contributed by atoms with Crippen LogP contribution >= 0.6 is 11.3 Å². The first kappa shape index (κ1) is 10.9. The van der Waals surface area contributed by atoms with Gasteiger partial charge in [-0.15, -0.1) is 0 Å². The minimum atomic E-state index is 0.185. The van der Waals surface area contributed by atoms with Crippen LogP contribution in [0.2, 0.25) is 0 Å². The van der Waals surface area contributed by atoms with Gasteiger partial charge in [-0.05, 0) is 24.8 Å². The smallest absolute Gasteiger partial charge is 0.103 e. The first-order chi connectivity index (χ1) is 7.35. The number of thiophene rings is 1. The number of methoxy groups -OCH3 is 1. The van der Waals surface area contributed by atoms with E-state index in [1.165, 1.54) is 5.69 Å². The van der Waals surface area contributed by atoms with Crippen LogP contribution in [0, 0.1) is 0 Å². The second-order valence-electron chi connectivity index (χ2n) is 3.69. The maximum Gasteiger partial charge on any atom is 0.103 e. The first-order valence-corrected chi connectivity index (χ1v) is 6.22. The van der Waals surface area contributed by atoms with Crippen LogP contribution in [-0.2, 0) is 9.47 Å². The van der Waals surface area contributed by atoms with Gasteiger partial charge in [-0.2, -0.15) is 11.3 Å². The molecule has 3 unspecified atom stereocenters. The number of rotatable bonds is 5. The highest BCUT2D eigenvalue weighted by atomic mass is 32.1. The molecular formula is C11H17NO2S. The SMILES string of the molecule is CCOC1CC(Nc2ccsc2)C1OC. The molecule has 1 fully saturated rings. The molecule has 3 nitrogen and oxygen atoms in total. The van der Waals surface area contributed by atoms with Crippen molar-refractivity contribution in [1.29, 1.82) is 0 Å². The molecule has 0 aliphatic heterocycles. The third kappa shape index (κ3) is 2.33. The highest BCUT2D eigenvalue weighted by molar-refractivity contribution is 7.08. The van der Waals surface area contributed by atoms with Crippen LogP contribution in [0.3, 0.4) is 0 Å². The maximum absolute atomic E-state index is 5.57. The molecule has 3 atom stereocenters. The number of hydrogen-bond acceptors (Lipinski definition) is 4. The highest BCUT2D eigenvalue weighted by Gasteiger charge is 2.42. The zero-order chi connectivity index (χ0) is 10.7. The molecule has 0 bridgehead atoms. The van der Waals surface area contributed by atoms with E-state index in [4.69, 9.17) is 9.47 Å². The fourth-order valence-electron chi connectivity index (χ4n) is 1.98. The Kier molecular flexibility index (Phi) is 3.61. The van der Waals surface area contributed by atoms with Crippen molar-refractivity contribution >= 4 is 17.0 Å². The molecule has 4 heteroatoms. The Morgan fingerprint density at radius 1 is 1.60 bits per heavy atom. The van der Waals surface area contributed by atoms with E-state index >= 15 is 0 Å². The van der Waals surface area contributed by atoms with Crippen molar-refractivity contribution in [2.75, 3.05) is 19.0 Å². The standard InChI is InChI=1S/C11H17NO2S/c1-3-14-10-6-9(11(10)13-2)12-8-4-5-15-7-8/h4-5,7,9-12H,3,6H2,1-2H3. The van der Waals surface area contributed by atoms with Crippen molar-refractivity contribution in [3.63, 3.8) is 0 Å². The van der Waals surface area contributed by atoms with Gasteiger partial charge in [-0.1, -0.05) is 0 Å². The van der Waals surface area contributed by atoms with Crippen LogP contribution in [0.25, 0.3) is 0 Å². The summed E-state index contributed by atoms with van der Waals surface area (Å²) in [6.07, 6.45) is 1.48. The van der Waals surface area contributed by atoms with E-state index in [1.807, 2.05) is 6.92 Å². The Morgan fingerprint density at radius 3 is 3.07 bits per heavy atom. The van der Waals surface area contributed by atoms with Gasteiger partial charge in [0.05, 0.1) is 12.1 Å². The van der Waals surface area contributed by atoms with Crippen molar-refractivity contribution < 1.29 is 9.47 Å². The first-order valence-electron chi connectivity index (χ1n) is 5.28. The highest BCUT2D eigenvalue weighted by Crippen LogP contribution is 2.30.